The maximum Gasteiger partial charge on any atom is 0.0723 e. The topological polar surface area (TPSA) is 9.23 Å². The molecule has 1 aromatic carbocycles. The van der Waals surface area contributed by atoms with Gasteiger partial charge in [0, 0.05) is 15.6 Å². The van der Waals surface area contributed by atoms with E-state index in [4.69, 9.17) is 4.74 Å². The zero-order chi connectivity index (χ0) is 8.97. The predicted molar refractivity (Wildman–Crippen MR) is 61.7 cm³/mol. The molecule has 0 aliphatic rings. The van der Waals surface area contributed by atoms with Gasteiger partial charge < -0.3 is 4.74 Å². The molecule has 0 amide bonds. The number of hydrogen-bond donors (Lipinski definition) is 0. The van der Waals surface area contributed by atoms with Crippen molar-refractivity contribution in [3.8, 4) is 0 Å². The minimum atomic E-state index is 0.701. The quantitative estimate of drug-likeness (QED) is 0.625. The molecule has 0 N–H and O–H groups in total. The monoisotopic (exact) mass is 294 g/mol. The van der Waals surface area contributed by atoms with E-state index < -0.39 is 0 Å². The van der Waals surface area contributed by atoms with Gasteiger partial charge in [-0.25, -0.2) is 0 Å². The van der Waals surface area contributed by atoms with Crippen LogP contribution in [0, 0.1) is 3.57 Å². The van der Waals surface area contributed by atoms with Crippen LogP contribution < -0.4 is 0 Å². The first-order valence-corrected chi connectivity index (χ1v) is 5.89. The van der Waals surface area contributed by atoms with E-state index >= 15 is 0 Å². The second-order valence-electron chi connectivity index (χ2n) is 2.39. The summed E-state index contributed by atoms with van der Waals surface area (Å²) in [5.41, 5.74) is 1.26. The van der Waals surface area contributed by atoms with Crippen molar-refractivity contribution in [3.63, 3.8) is 0 Å². The van der Waals surface area contributed by atoms with Gasteiger partial charge in [0.15, 0.2) is 0 Å². The Balaban J connectivity index is 2.87. The molecule has 0 aromatic heterocycles. The first-order valence-electron chi connectivity index (χ1n) is 3.59. The average molecular weight is 294 g/mol. The van der Waals surface area contributed by atoms with Crippen molar-refractivity contribution in [1.29, 1.82) is 0 Å². The van der Waals surface area contributed by atoms with Crippen LogP contribution in [-0.2, 0) is 11.3 Å². The predicted octanol–water partition coefficient (Wildman–Crippen LogP) is 3.16. The Morgan fingerprint density at radius 3 is 2.75 bits per heavy atom. The minimum absolute atomic E-state index is 0.701. The van der Waals surface area contributed by atoms with Crippen LogP contribution in [0.3, 0.4) is 0 Å². The van der Waals surface area contributed by atoms with E-state index in [1.54, 1.807) is 18.9 Å². The summed E-state index contributed by atoms with van der Waals surface area (Å²) in [4.78, 5) is 1.30. The minimum Gasteiger partial charge on any atom is -0.380 e. The molecule has 0 heterocycles. The first-order chi connectivity index (χ1) is 5.77. The molecule has 0 saturated carbocycles. The van der Waals surface area contributed by atoms with Crippen LogP contribution in [0.2, 0.25) is 0 Å². The third-order valence-electron chi connectivity index (χ3n) is 1.56. The molecule has 0 atom stereocenters. The van der Waals surface area contributed by atoms with E-state index in [1.165, 1.54) is 14.0 Å². The second-order valence-corrected chi connectivity index (χ2v) is 4.43. The van der Waals surface area contributed by atoms with E-state index in [-0.39, 0.29) is 0 Å². The number of methoxy groups -OCH3 is 1. The number of rotatable bonds is 3. The van der Waals surface area contributed by atoms with Gasteiger partial charge >= 0.3 is 0 Å². The first kappa shape index (κ1) is 10.3. The lowest BCUT2D eigenvalue weighted by molar-refractivity contribution is 0.184. The van der Waals surface area contributed by atoms with Crippen LogP contribution in [0.5, 0.6) is 0 Å². The maximum atomic E-state index is 5.07. The molecule has 0 aliphatic carbocycles. The number of benzene rings is 1. The highest BCUT2D eigenvalue weighted by Gasteiger charge is 1.99. The van der Waals surface area contributed by atoms with Crippen molar-refractivity contribution in [3.05, 3.63) is 27.3 Å². The van der Waals surface area contributed by atoms with Crippen molar-refractivity contribution >= 4 is 34.4 Å². The molecular weight excluding hydrogens is 283 g/mol. The van der Waals surface area contributed by atoms with Gasteiger partial charge in [-0.05, 0) is 46.5 Å². The normalized spacial score (nSPS) is 10.2. The van der Waals surface area contributed by atoms with E-state index in [0.29, 0.717) is 6.61 Å². The van der Waals surface area contributed by atoms with Crippen molar-refractivity contribution in [1.82, 2.24) is 0 Å². The molecule has 0 saturated heterocycles. The average Bonchev–Trinajstić information content (AvgIpc) is 2.09. The smallest absolute Gasteiger partial charge is 0.0723 e. The van der Waals surface area contributed by atoms with Crippen molar-refractivity contribution < 1.29 is 4.74 Å². The SMILES string of the molecule is COCc1ccc(SC)cc1I. The van der Waals surface area contributed by atoms with Crippen molar-refractivity contribution in [2.24, 2.45) is 0 Å². The highest BCUT2D eigenvalue weighted by molar-refractivity contribution is 14.1. The van der Waals surface area contributed by atoms with Crippen LogP contribution in [-0.4, -0.2) is 13.4 Å². The molecule has 0 aliphatic heterocycles. The van der Waals surface area contributed by atoms with Crippen LogP contribution in [0.4, 0.5) is 0 Å². The summed E-state index contributed by atoms with van der Waals surface area (Å²) in [7, 11) is 1.72. The van der Waals surface area contributed by atoms with Crippen LogP contribution in [0.1, 0.15) is 5.56 Å². The molecule has 0 unspecified atom stereocenters. The Kier molecular flexibility index (Phi) is 4.39. The Bertz CT molecular complexity index is 263. The molecule has 1 aromatic rings. The zero-order valence-electron chi connectivity index (χ0n) is 7.13. The zero-order valence-corrected chi connectivity index (χ0v) is 10.1. The molecule has 0 spiro atoms. The summed E-state index contributed by atoms with van der Waals surface area (Å²) in [6.45, 7) is 0.701. The van der Waals surface area contributed by atoms with Gasteiger partial charge in [0.25, 0.3) is 0 Å². The highest BCUT2D eigenvalue weighted by atomic mass is 127. The molecular formula is C9H11IOS. The van der Waals surface area contributed by atoms with E-state index in [9.17, 15) is 0 Å². The fourth-order valence-electron chi connectivity index (χ4n) is 0.928. The number of hydrogen-bond acceptors (Lipinski definition) is 2. The Morgan fingerprint density at radius 2 is 2.25 bits per heavy atom. The van der Waals surface area contributed by atoms with E-state index in [0.717, 1.165) is 0 Å². The number of ether oxygens (including phenoxy) is 1. The molecule has 1 nitrogen and oxygen atoms in total. The van der Waals surface area contributed by atoms with Crippen LogP contribution in [0.25, 0.3) is 0 Å². The third kappa shape index (κ3) is 2.64. The van der Waals surface area contributed by atoms with Crippen LogP contribution in [0.15, 0.2) is 23.1 Å². The van der Waals surface area contributed by atoms with Gasteiger partial charge in [-0.1, -0.05) is 6.07 Å². The van der Waals surface area contributed by atoms with Gasteiger partial charge in [0.05, 0.1) is 6.61 Å². The lowest BCUT2D eigenvalue weighted by Gasteiger charge is -2.04. The lowest BCUT2D eigenvalue weighted by atomic mass is 10.2. The molecule has 0 bridgehead atoms. The van der Waals surface area contributed by atoms with E-state index in [1.807, 2.05) is 0 Å². The largest absolute Gasteiger partial charge is 0.380 e. The highest BCUT2D eigenvalue weighted by Crippen LogP contribution is 2.21. The maximum absolute atomic E-state index is 5.07. The molecule has 3 heteroatoms. The summed E-state index contributed by atoms with van der Waals surface area (Å²) < 4.78 is 6.35. The Morgan fingerprint density at radius 1 is 1.50 bits per heavy atom. The van der Waals surface area contributed by atoms with Gasteiger partial charge in [-0.2, -0.15) is 0 Å². The molecule has 66 valence electrons. The standard InChI is InChI=1S/C9H11IOS/c1-11-6-7-3-4-8(12-2)5-9(7)10/h3-5H,6H2,1-2H3. The summed E-state index contributed by atoms with van der Waals surface area (Å²) in [5.74, 6) is 0. The summed E-state index contributed by atoms with van der Waals surface area (Å²) in [6.07, 6.45) is 2.08. The van der Waals surface area contributed by atoms with E-state index in [2.05, 4.69) is 47.0 Å². The lowest BCUT2D eigenvalue weighted by Crippen LogP contribution is -1.91. The third-order valence-corrected chi connectivity index (χ3v) is 3.29. The van der Waals surface area contributed by atoms with Crippen molar-refractivity contribution in [2.45, 2.75) is 11.5 Å². The summed E-state index contributed by atoms with van der Waals surface area (Å²) in [5, 5.41) is 0. The summed E-state index contributed by atoms with van der Waals surface area (Å²) >= 11 is 4.10. The molecule has 0 radical (unpaired) electrons. The van der Waals surface area contributed by atoms with Crippen LogP contribution >= 0.6 is 34.4 Å². The molecule has 12 heavy (non-hydrogen) atoms. The number of thioether (sulfide) groups is 1. The van der Waals surface area contributed by atoms with Gasteiger partial charge in [-0.3, -0.25) is 0 Å². The fraction of sp³-hybridized carbons (Fsp3) is 0.333. The number of halogens is 1. The molecule has 0 fully saturated rings. The summed E-state index contributed by atoms with van der Waals surface area (Å²) in [6, 6.07) is 6.43. The Labute approximate surface area is 91.0 Å². The van der Waals surface area contributed by atoms with Gasteiger partial charge in [0.1, 0.15) is 0 Å². The van der Waals surface area contributed by atoms with Crippen molar-refractivity contribution in [2.75, 3.05) is 13.4 Å². The second kappa shape index (κ2) is 5.09. The fourth-order valence-corrected chi connectivity index (χ4v) is 2.25. The molecule has 1 rings (SSSR count). The van der Waals surface area contributed by atoms with Gasteiger partial charge in [0.2, 0.25) is 0 Å². The Hall–Kier alpha value is 0.260. The van der Waals surface area contributed by atoms with Gasteiger partial charge in [-0.15, -0.1) is 11.8 Å².